The number of hydrogen-bond acceptors (Lipinski definition) is 4. The van der Waals surface area contributed by atoms with Crippen molar-refractivity contribution in [3.8, 4) is 0 Å². The van der Waals surface area contributed by atoms with Crippen LogP contribution in [0.3, 0.4) is 0 Å². The average Bonchev–Trinajstić information content (AvgIpc) is 2.54. The van der Waals surface area contributed by atoms with Gasteiger partial charge in [-0.2, -0.15) is 0 Å². The fraction of sp³-hybridized carbons (Fsp3) is 0.125. The van der Waals surface area contributed by atoms with E-state index in [4.69, 9.17) is 17.4 Å². The molecule has 1 unspecified atom stereocenters. The van der Waals surface area contributed by atoms with Gasteiger partial charge in [-0.25, -0.2) is 0 Å². The smallest absolute Gasteiger partial charge is 0.0704 e. The van der Waals surface area contributed by atoms with Gasteiger partial charge in [-0.15, -0.1) is 0 Å². The van der Waals surface area contributed by atoms with Crippen molar-refractivity contribution in [3.63, 3.8) is 0 Å². The van der Waals surface area contributed by atoms with Gasteiger partial charge in [-0.05, 0) is 36.2 Å². The van der Waals surface area contributed by atoms with Gasteiger partial charge in [0.15, 0.2) is 0 Å². The lowest BCUT2D eigenvalue weighted by atomic mass is 10.00. The number of nitrogens with one attached hydrogen (secondary N) is 1. The average molecular weight is 299 g/mol. The van der Waals surface area contributed by atoms with Crippen molar-refractivity contribution in [2.75, 3.05) is 0 Å². The maximum absolute atomic E-state index is 5.88. The highest BCUT2D eigenvalue weighted by Crippen LogP contribution is 2.22. The molecule has 3 aromatic rings. The highest BCUT2D eigenvalue weighted by atomic mass is 35.5. The number of fused-ring (bicyclic) bond motifs is 1. The monoisotopic (exact) mass is 298 g/mol. The van der Waals surface area contributed by atoms with E-state index in [0.29, 0.717) is 5.02 Å². The van der Waals surface area contributed by atoms with Gasteiger partial charge in [0, 0.05) is 17.8 Å². The molecule has 0 aliphatic rings. The molecule has 3 rings (SSSR count). The van der Waals surface area contributed by atoms with E-state index in [2.05, 4.69) is 21.5 Å². The van der Waals surface area contributed by atoms with Gasteiger partial charge in [0.05, 0.1) is 22.3 Å². The van der Waals surface area contributed by atoms with Gasteiger partial charge in [0.1, 0.15) is 0 Å². The Labute approximate surface area is 128 Å². The van der Waals surface area contributed by atoms with E-state index >= 15 is 0 Å². The Kier molecular flexibility index (Phi) is 4.10. The molecule has 2 heterocycles. The molecule has 0 saturated heterocycles. The van der Waals surface area contributed by atoms with Crippen LogP contribution in [0.15, 0.2) is 54.9 Å². The summed E-state index contributed by atoms with van der Waals surface area (Å²) in [7, 11) is 0. The van der Waals surface area contributed by atoms with Crippen LogP contribution in [-0.4, -0.2) is 9.97 Å². The second kappa shape index (κ2) is 6.18. The van der Waals surface area contributed by atoms with Crippen LogP contribution in [-0.2, 0) is 6.42 Å². The molecule has 0 aliphatic carbocycles. The summed E-state index contributed by atoms with van der Waals surface area (Å²) in [6.45, 7) is 0. The lowest BCUT2D eigenvalue weighted by Gasteiger charge is -2.16. The van der Waals surface area contributed by atoms with Crippen LogP contribution < -0.4 is 11.3 Å². The quantitative estimate of drug-likeness (QED) is 0.574. The Morgan fingerprint density at radius 1 is 1.10 bits per heavy atom. The van der Waals surface area contributed by atoms with Crippen LogP contribution in [0.4, 0.5) is 0 Å². The van der Waals surface area contributed by atoms with Gasteiger partial charge >= 0.3 is 0 Å². The Bertz CT molecular complexity index is 737. The highest BCUT2D eigenvalue weighted by Gasteiger charge is 2.13. The van der Waals surface area contributed by atoms with E-state index in [0.717, 1.165) is 23.0 Å². The van der Waals surface area contributed by atoms with Crippen molar-refractivity contribution in [2.24, 2.45) is 5.84 Å². The molecule has 0 amide bonds. The van der Waals surface area contributed by atoms with Crippen molar-refractivity contribution < 1.29 is 0 Å². The number of nitrogens with zero attached hydrogens (tertiary/aromatic N) is 2. The lowest BCUT2D eigenvalue weighted by molar-refractivity contribution is 0.540. The van der Waals surface area contributed by atoms with Crippen LogP contribution in [0.2, 0.25) is 5.02 Å². The summed E-state index contributed by atoms with van der Waals surface area (Å²) in [6.07, 6.45) is 4.18. The first-order valence-corrected chi connectivity index (χ1v) is 7.06. The Hall–Kier alpha value is -2.01. The number of nitrogens with two attached hydrogens (primary N) is 1. The third-order valence-corrected chi connectivity index (χ3v) is 3.70. The van der Waals surface area contributed by atoms with E-state index in [1.807, 2.05) is 42.6 Å². The van der Waals surface area contributed by atoms with Crippen LogP contribution in [0.1, 0.15) is 17.3 Å². The zero-order valence-electron chi connectivity index (χ0n) is 11.3. The largest absolute Gasteiger partial charge is 0.271 e. The van der Waals surface area contributed by atoms with E-state index in [1.165, 1.54) is 5.56 Å². The molecule has 0 aliphatic heterocycles. The summed E-state index contributed by atoms with van der Waals surface area (Å²) in [5.41, 5.74) is 5.85. The maximum atomic E-state index is 5.88. The molecule has 1 aromatic carbocycles. The topological polar surface area (TPSA) is 63.8 Å². The summed E-state index contributed by atoms with van der Waals surface area (Å²) in [5.74, 6) is 5.70. The fourth-order valence-corrected chi connectivity index (χ4v) is 2.51. The number of hydrogen-bond donors (Lipinski definition) is 2. The second-order valence-corrected chi connectivity index (χ2v) is 5.25. The standard InChI is InChI=1S/C16H15ClN4/c17-12-5-6-15(20-10-12)16(21-18)9-11-7-8-19-14-4-2-1-3-13(11)14/h1-8,10,16,21H,9,18H2. The van der Waals surface area contributed by atoms with Crippen molar-refractivity contribution in [1.29, 1.82) is 0 Å². The van der Waals surface area contributed by atoms with Crippen molar-refractivity contribution in [2.45, 2.75) is 12.5 Å². The summed E-state index contributed by atoms with van der Waals surface area (Å²) >= 11 is 5.88. The Morgan fingerprint density at radius 3 is 2.71 bits per heavy atom. The van der Waals surface area contributed by atoms with Crippen LogP contribution in [0.5, 0.6) is 0 Å². The zero-order chi connectivity index (χ0) is 14.7. The third-order valence-electron chi connectivity index (χ3n) is 3.47. The minimum Gasteiger partial charge on any atom is -0.271 e. The number of pyridine rings is 2. The van der Waals surface area contributed by atoms with Crippen LogP contribution in [0, 0.1) is 0 Å². The number of benzene rings is 1. The molecule has 0 fully saturated rings. The molecular weight excluding hydrogens is 284 g/mol. The lowest BCUT2D eigenvalue weighted by Crippen LogP contribution is -2.30. The minimum absolute atomic E-state index is 0.0759. The van der Waals surface area contributed by atoms with Crippen molar-refractivity contribution >= 4 is 22.5 Å². The Morgan fingerprint density at radius 2 is 1.95 bits per heavy atom. The van der Waals surface area contributed by atoms with Gasteiger partial charge in [0.2, 0.25) is 0 Å². The number of hydrazine groups is 1. The summed E-state index contributed by atoms with van der Waals surface area (Å²) in [5, 5.41) is 1.75. The van der Waals surface area contributed by atoms with E-state index in [1.54, 1.807) is 6.20 Å². The normalized spacial score (nSPS) is 12.5. The summed E-state index contributed by atoms with van der Waals surface area (Å²) in [6, 6.07) is 13.7. The molecule has 3 N–H and O–H groups in total. The van der Waals surface area contributed by atoms with Crippen molar-refractivity contribution in [1.82, 2.24) is 15.4 Å². The van der Waals surface area contributed by atoms with Gasteiger partial charge in [0.25, 0.3) is 0 Å². The molecule has 1 atom stereocenters. The minimum atomic E-state index is -0.0759. The molecule has 106 valence electrons. The first-order chi connectivity index (χ1) is 10.3. The van der Waals surface area contributed by atoms with E-state index in [9.17, 15) is 0 Å². The van der Waals surface area contributed by atoms with Crippen LogP contribution >= 0.6 is 11.6 Å². The summed E-state index contributed by atoms with van der Waals surface area (Å²) in [4.78, 5) is 8.71. The number of aromatic nitrogens is 2. The Balaban J connectivity index is 1.94. The molecule has 21 heavy (non-hydrogen) atoms. The zero-order valence-corrected chi connectivity index (χ0v) is 12.1. The first kappa shape index (κ1) is 13.9. The third kappa shape index (κ3) is 3.03. The van der Waals surface area contributed by atoms with Crippen molar-refractivity contribution in [3.05, 3.63) is 71.1 Å². The van der Waals surface area contributed by atoms with Gasteiger partial charge in [-0.1, -0.05) is 29.8 Å². The predicted molar refractivity (Wildman–Crippen MR) is 84.8 cm³/mol. The van der Waals surface area contributed by atoms with Crippen LogP contribution in [0.25, 0.3) is 10.9 Å². The number of halogens is 1. The molecule has 0 saturated carbocycles. The molecule has 2 aromatic heterocycles. The molecular formula is C16H15ClN4. The van der Waals surface area contributed by atoms with Gasteiger partial charge < -0.3 is 0 Å². The highest BCUT2D eigenvalue weighted by molar-refractivity contribution is 6.30. The number of para-hydroxylation sites is 1. The predicted octanol–water partition coefficient (Wildman–Crippen LogP) is 3.03. The van der Waals surface area contributed by atoms with E-state index in [-0.39, 0.29) is 6.04 Å². The van der Waals surface area contributed by atoms with Gasteiger partial charge in [-0.3, -0.25) is 21.2 Å². The number of rotatable bonds is 4. The first-order valence-electron chi connectivity index (χ1n) is 6.68. The second-order valence-electron chi connectivity index (χ2n) is 4.81. The molecule has 5 heteroatoms. The molecule has 0 radical (unpaired) electrons. The molecule has 0 spiro atoms. The SMILES string of the molecule is NNC(Cc1ccnc2ccccc12)c1ccc(Cl)cn1. The fourth-order valence-electron chi connectivity index (χ4n) is 2.40. The van der Waals surface area contributed by atoms with E-state index < -0.39 is 0 Å². The summed E-state index contributed by atoms with van der Waals surface area (Å²) < 4.78 is 0. The molecule has 0 bridgehead atoms. The molecule has 4 nitrogen and oxygen atoms in total. The maximum Gasteiger partial charge on any atom is 0.0704 e.